The maximum absolute atomic E-state index is 11.1. The number of hydrogen-bond acceptors (Lipinski definition) is 3. The standard InChI is InChI=1S/C12H16O3S/c13-11(10-6-3-7-16-10)8-4-1-2-5-9(8)12(14)15/h3,6-9,11,13H,1-2,4-5H2,(H,14,15). The molecule has 1 saturated carbocycles. The molecule has 0 spiro atoms. The van der Waals surface area contributed by atoms with Crippen molar-refractivity contribution in [3.05, 3.63) is 22.4 Å². The van der Waals surface area contributed by atoms with Crippen LogP contribution in [0.25, 0.3) is 0 Å². The molecule has 16 heavy (non-hydrogen) atoms. The first-order valence-electron chi connectivity index (χ1n) is 5.64. The van der Waals surface area contributed by atoms with Gasteiger partial charge < -0.3 is 10.2 Å². The Bertz CT molecular complexity index is 347. The van der Waals surface area contributed by atoms with E-state index >= 15 is 0 Å². The van der Waals surface area contributed by atoms with E-state index in [1.54, 1.807) is 0 Å². The average molecular weight is 240 g/mol. The summed E-state index contributed by atoms with van der Waals surface area (Å²) in [5.74, 6) is -1.27. The normalized spacial score (nSPS) is 27.6. The van der Waals surface area contributed by atoms with Crippen LogP contribution < -0.4 is 0 Å². The lowest BCUT2D eigenvalue weighted by Crippen LogP contribution is -2.31. The molecule has 2 N–H and O–H groups in total. The third-order valence-electron chi connectivity index (χ3n) is 3.38. The van der Waals surface area contributed by atoms with Crippen molar-refractivity contribution in [1.29, 1.82) is 0 Å². The quantitative estimate of drug-likeness (QED) is 0.854. The Hall–Kier alpha value is -0.870. The van der Waals surface area contributed by atoms with Crippen LogP contribution in [0.5, 0.6) is 0 Å². The molecule has 1 aromatic rings. The summed E-state index contributed by atoms with van der Waals surface area (Å²) in [6.45, 7) is 0. The molecule has 0 aliphatic heterocycles. The van der Waals surface area contributed by atoms with Crippen molar-refractivity contribution in [3.63, 3.8) is 0 Å². The van der Waals surface area contributed by atoms with Gasteiger partial charge >= 0.3 is 5.97 Å². The van der Waals surface area contributed by atoms with Gasteiger partial charge in [-0.3, -0.25) is 4.79 Å². The minimum atomic E-state index is -0.764. The van der Waals surface area contributed by atoms with Crippen LogP contribution in [-0.4, -0.2) is 16.2 Å². The number of carboxylic acids is 1. The highest BCUT2D eigenvalue weighted by molar-refractivity contribution is 7.10. The second-order valence-corrected chi connectivity index (χ2v) is 5.33. The number of aliphatic hydroxyl groups excluding tert-OH is 1. The minimum Gasteiger partial charge on any atom is -0.481 e. The number of thiophene rings is 1. The van der Waals surface area contributed by atoms with Crippen LogP contribution in [0.4, 0.5) is 0 Å². The Kier molecular flexibility index (Phi) is 3.61. The van der Waals surface area contributed by atoms with E-state index in [-0.39, 0.29) is 11.8 Å². The second kappa shape index (κ2) is 4.97. The number of rotatable bonds is 3. The fourth-order valence-corrected chi connectivity index (χ4v) is 3.30. The molecule has 4 heteroatoms. The Morgan fingerprint density at radius 1 is 1.44 bits per heavy atom. The van der Waals surface area contributed by atoms with E-state index in [1.807, 2.05) is 17.5 Å². The highest BCUT2D eigenvalue weighted by atomic mass is 32.1. The van der Waals surface area contributed by atoms with Gasteiger partial charge in [-0.25, -0.2) is 0 Å². The van der Waals surface area contributed by atoms with Gasteiger partial charge in [0.25, 0.3) is 0 Å². The van der Waals surface area contributed by atoms with E-state index < -0.39 is 12.1 Å². The monoisotopic (exact) mass is 240 g/mol. The van der Waals surface area contributed by atoms with Gasteiger partial charge in [0.05, 0.1) is 12.0 Å². The van der Waals surface area contributed by atoms with Gasteiger partial charge in [-0.15, -0.1) is 11.3 Å². The summed E-state index contributed by atoms with van der Waals surface area (Å²) in [7, 11) is 0. The molecule has 3 unspecified atom stereocenters. The number of aliphatic hydroxyl groups is 1. The van der Waals surface area contributed by atoms with Crippen LogP contribution in [0.15, 0.2) is 17.5 Å². The van der Waals surface area contributed by atoms with Gasteiger partial charge in [0.2, 0.25) is 0 Å². The molecule has 3 atom stereocenters. The van der Waals surface area contributed by atoms with Crippen LogP contribution in [0, 0.1) is 11.8 Å². The first-order valence-corrected chi connectivity index (χ1v) is 6.52. The van der Waals surface area contributed by atoms with Crippen molar-refractivity contribution in [3.8, 4) is 0 Å². The summed E-state index contributed by atoms with van der Waals surface area (Å²) in [4.78, 5) is 12.0. The Balaban J connectivity index is 2.14. The first-order chi connectivity index (χ1) is 7.70. The molecule has 1 aliphatic rings. The fraction of sp³-hybridized carbons (Fsp3) is 0.583. The highest BCUT2D eigenvalue weighted by Gasteiger charge is 2.36. The smallest absolute Gasteiger partial charge is 0.306 e. The SMILES string of the molecule is O=C(O)C1CCCCC1C(O)c1cccs1. The molecule has 88 valence electrons. The van der Waals surface area contributed by atoms with Gasteiger partial charge in [-0.1, -0.05) is 18.9 Å². The largest absolute Gasteiger partial charge is 0.481 e. The number of hydrogen-bond donors (Lipinski definition) is 2. The number of aliphatic carboxylic acids is 1. The summed E-state index contributed by atoms with van der Waals surface area (Å²) in [6, 6.07) is 3.77. The van der Waals surface area contributed by atoms with E-state index in [0.29, 0.717) is 6.42 Å². The minimum absolute atomic E-state index is 0.120. The van der Waals surface area contributed by atoms with E-state index in [4.69, 9.17) is 5.11 Å². The zero-order chi connectivity index (χ0) is 11.5. The van der Waals surface area contributed by atoms with Crippen molar-refractivity contribution in [2.75, 3.05) is 0 Å². The molecule has 0 amide bonds. The summed E-state index contributed by atoms with van der Waals surface area (Å²) in [5.41, 5.74) is 0. The van der Waals surface area contributed by atoms with E-state index in [0.717, 1.165) is 24.1 Å². The summed E-state index contributed by atoms with van der Waals surface area (Å²) >= 11 is 1.50. The average Bonchev–Trinajstić information content (AvgIpc) is 2.81. The molecular formula is C12H16O3S. The van der Waals surface area contributed by atoms with Crippen molar-refractivity contribution in [2.45, 2.75) is 31.8 Å². The molecule has 0 radical (unpaired) electrons. The van der Waals surface area contributed by atoms with Crippen molar-refractivity contribution in [1.82, 2.24) is 0 Å². The predicted molar refractivity (Wildman–Crippen MR) is 62.4 cm³/mol. The van der Waals surface area contributed by atoms with E-state index in [9.17, 15) is 9.90 Å². The topological polar surface area (TPSA) is 57.5 Å². The van der Waals surface area contributed by atoms with E-state index in [1.165, 1.54) is 11.3 Å². The second-order valence-electron chi connectivity index (χ2n) is 4.35. The summed E-state index contributed by atoms with van der Waals surface area (Å²) in [5, 5.41) is 21.3. The third kappa shape index (κ3) is 2.28. The Morgan fingerprint density at radius 2 is 2.19 bits per heavy atom. The molecular weight excluding hydrogens is 224 g/mol. The molecule has 1 heterocycles. The van der Waals surface area contributed by atoms with Gasteiger partial charge in [0.1, 0.15) is 0 Å². The molecule has 1 aromatic heterocycles. The van der Waals surface area contributed by atoms with Crippen LogP contribution >= 0.6 is 11.3 Å². The van der Waals surface area contributed by atoms with Crippen LogP contribution in [0.1, 0.15) is 36.7 Å². The van der Waals surface area contributed by atoms with Crippen molar-refractivity contribution in [2.24, 2.45) is 11.8 Å². The van der Waals surface area contributed by atoms with Gasteiger partial charge in [0, 0.05) is 10.8 Å². The third-order valence-corrected chi connectivity index (χ3v) is 4.32. The molecule has 0 bridgehead atoms. The summed E-state index contributed by atoms with van der Waals surface area (Å²) < 4.78 is 0. The Labute approximate surface area is 98.7 Å². The highest BCUT2D eigenvalue weighted by Crippen LogP contribution is 2.39. The van der Waals surface area contributed by atoms with Crippen molar-refractivity contribution < 1.29 is 15.0 Å². The fourth-order valence-electron chi connectivity index (χ4n) is 2.51. The lowest BCUT2D eigenvalue weighted by Gasteiger charge is -2.31. The molecule has 2 rings (SSSR count). The lowest BCUT2D eigenvalue weighted by molar-refractivity contribution is -0.147. The number of carbonyl (C=O) groups is 1. The lowest BCUT2D eigenvalue weighted by atomic mass is 9.76. The zero-order valence-corrected chi connectivity index (χ0v) is 9.82. The maximum Gasteiger partial charge on any atom is 0.306 e. The number of carboxylic acid groups (broad SMARTS) is 1. The van der Waals surface area contributed by atoms with E-state index in [2.05, 4.69) is 0 Å². The molecule has 0 saturated heterocycles. The molecule has 0 aromatic carbocycles. The predicted octanol–water partition coefficient (Wildman–Crippen LogP) is 2.67. The maximum atomic E-state index is 11.1. The van der Waals surface area contributed by atoms with Crippen molar-refractivity contribution >= 4 is 17.3 Å². The van der Waals surface area contributed by atoms with Gasteiger partial charge in [-0.2, -0.15) is 0 Å². The first kappa shape index (κ1) is 11.6. The molecule has 1 aliphatic carbocycles. The van der Waals surface area contributed by atoms with Gasteiger partial charge in [0.15, 0.2) is 0 Å². The molecule has 3 nitrogen and oxygen atoms in total. The Morgan fingerprint density at radius 3 is 2.81 bits per heavy atom. The molecule has 1 fully saturated rings. The van der Waals surface area contributed by atoms with Crippen LogP contribution in [-0.2, 0) is 4.79 Å². The zero-order valence-electron chi connectivity index (χ0n) is 9.00. The van der Waals surface area contributed by atoms with Gasteiger partial charge in [-0.05, 0) is 24.3 Å². The van der Waals surface area contributed by atoms with Crippen LogP contribution in [0.2, 0.25) is 0 Å². The summed E-state index contributed by atoms with van der Waals surface area (Å²) in [6.07, 6.45) is 2.89. The van der Waals surface area contributed by atoms with Crippen LogP contribution in [0.3, 0.4) is 0 Å².